The molecular formula is C22H38N4O4S2. The lowest BCUT2D eigenvalue weighted by Gasteiger charge is -2.35. The number of carbonyl (C=O) groups is 2. The highest BCUT2D eigenvalue weighted by Gasteiger charge is 2.42. The molecule has 0 aromatic heterocycles. The number of rotatable bonds is 13. The van der Waals surface area contributed by atoms with Crippen LogP contribution in [0.3, 0.4) is 0 Å². The van der Waals surface area contributed by atoms with Crippen molar-refractivity contribution < 1.29 is 19.1 Å². The maximum atomic E-state index is 12.4. The fourth-order valence-electron chi connectivity index (χ4n) is 3.98. The summed E-state index contributed by atoms with van der Waals surface area (Å²) in [4.78, 5) is 32.0. The third-order valence-corrected chi connectivity index (χ3v) is 7.02. The van der Waals surface area contributed by atoms with E-state index in [2.05, 4.69) is 0 Å². The molecule has 0 spiro atoms. The lowest BCUT2D eigenvalue weighted by Crippen LogP contribution is -2.49. The summed E-state index contributed by atoms with van der Waals surface area (Å²) in [5.41, 5.74) is -0.786. The highest BCUT2D eigenvalue weighted by atomic mass is 32.1. The first-order valence-electron chi connectivity index (χ1n) is 11.4. The third-order valence-electron chi connectivity index (χ3n) is 6.14. The quantitative estimate of drug-likeness (QED) is 0.290. The van der Waals surface area contributed by atoms with Gasteiger partial charge in [-0.25, -0.2) is 0 Å². The molecule has 32 heavy (non-hydrogen) atoms. The molecule has 10 heteroatoms. The molecule has 182 valence electrons. The normalized spacial score (nSPS) is 18.1. The predicted octanol–water partition coefficient (Wildman–Crippen LogP) is 2.26. The molecule has 0 unspecified atom stereocenters. The molecule has 8 nitrogen and oxygen atoms in total. The number of thiocarbonyl (C=S) groups is 2. The van der Waals surface area contributed by atoms with E-state index in [0.717, 1.165) is 13.1 Å². The molecule has 0 atom stereocenters. The lowest BCUT2D eigenvalue weighted by molar-refractivity contribution is -0.129. The second-order valence-corrected chi connectivity index (χ2v) is 10.1. The SMILES string of the molecule is CCN1CC(=O)N(C(C)(C)CCOCCOCCC(C)(C)N2C(=O)CN(CC)C2=S)C1=S. The highest BCUT2D eigenvalue weighted by molar-refractivity contribution is 7.80. The molecular weight excluding hydrogens is 448 g/mol. The van der Waals surface area contributed by atoms with Crippen molar-refractivity contribution >= 4 is 46.5 Å². The topological polar surface area (TPSA) is 65.6 Å². The van der Waals surface area contributed by atoms with E-state index in [0.29, 0.717) is 62.6 Å². The number of hydrogen-bond acceptors (Lipinski definition) is 6. The zero-order chi connectivity index (χ0) is 24.1. The number of nitrogens with zero attached hydrogens (tertiary/aromatic N) is 4. The minimum atomic E-state index is -0.393. The fourth-order valence-corrected chi connectivity index (χ4v) is 5.06. The van der Waals surface area contributed by atoms with E-state index >= 15 is 0 Å². The van der Waals surface area contributed by atoms with Crippen molar-refractivity contribution in [2.75, 3.05) is 52.6 Å². The van der Waals surface area contributed by atoms with Crippen molar-refractivity contribution in [3.8, 4) is 0 Å². The van der Waals surface area contributed by atoms with E-state index < -0.39 is 11.1 Å². The van der Waals surface area contributed by atoms with E-state index in [1.807, 2.05) is 51.3 Å². The summed E-state index contributed by atoms with van der Waals surface area (Å²) < 4.78 is 11.5. The molecule has 0 bridgehead atoms. The maximum Gasteiger partial charge on any atom is 0.248 e. The van der Waals surface area contributed by atoms with E-state index in [9.17, 15) is 9.59 Å². The van der Waals surface area contributed by atoms with E-state index in [1.165, 1.54) is 0 Å². The van der Waals surface area contributed by atoms with Crippen LogP contribution in [0.2, 0.25) is 0 Å². The fraction of sp³-hybridized carbons (Fsp3) is 0.818. The largest absolute Gasteiger partial charge is 0.379 e. The summed E-state index contributed by atoms with van der Waals surface area (Å²) in [6.07, 6.45) is 1.37. The average molecular weight is 487 g/mol. The molecule has 2 rings (SSSR count). The molecule has 0 aliphatic carbocycles. The van der Waals surface area contributed by atoms with Gasteiger partial charge in [-0.05, 0) is 78.8 Å². The molecule has 2 fully saturated rings. The van der Waals surface area contributed by atoms with E-state index in [-0.39, 0.29) is 11.8 Å². The van der Waals surface area contributed by atoms with Crippen molar-refractivity contribution in [2.45, 2.75) is 65.5 Å². The Labute approximate surface area is 203 Å². The number of amides is 2. The van der Waals surface area contributed by atoms with Crippen LogP contribution in [0.1, 0.15) is 54.4 Å². The van der Waals surface area contributed by atoms with Gasteiger partial charge in [0.25, 0.3) is 0 Å². The van der Waals surface area contributed by atoms with Gasteiger partial charge in [0.1, 0.15) is 0 Å². The van der Waals surface area contributed by atoms with Crippen molar-refractivity contribution in [1.29, 1.82) is 0 Å². The van der Waals surface area contributed by atoms with Gasteiger partial charge < -0.3 is 19.3 Å². The Bertz CT molecular complexity index is 669. The van der Waals surface area contributed by atoms with Gasteiger partial charge >= 0.3 is 0 Å². The summed E-state index contributed by atoms with van der Waals surface area (Å²) in [5, 5.41) is 1.21. The van der Waals surface area contributed by atoms with Crippen molar-refractivity contribution in [1.82, 2.24) is 19.6 Å². The van der Waals surface area contributed by atoms with Crippen molar-refractivity contribution in [2.24, 2.45) is 0 Å². The van der Waals surface area contributed by atoms with Crippen LogP contribution in [-0.4, -0.2) is 105 Å². The van der Waals surface area contributed by atoms with Crippen LogP contribution in [-0.2, 0) is 19.1 Å². The van der Waals surface area contributed by atoms with E-state index in [1.54, 1.807) is 9.80 Å². The highest BCUT2D eigenvalue weighted by Crippen LogP contribution is 2.26. The molecule has 2 amide bonds. The van der Waals surface area contributed by atoms with Gasteiger partial charge in [-0.15, -0.1) is 0 Å². The van der Waals surface area contributed by atoms with Gasteiger partial charge in [-0.2, -0.15) is 0 Å². The molecule has 2 saturated heterocycles. The summed E-state index contributed by atoms with van der Waals surface area (Å²) in [7, 11) is 0. The summed E-state index contributed by atoms with van der Waals surface area (Å²) in [6.45, 7) is 16.2. The molecule has 0 N–H and O–H groups in total. The van der Waals surface area contributed by atoms with Crippen LogP contribution in [0.15, 0.2) is 0 Å². The van der Waals surface area contributed by atoms with Crippen LogP contribution < -0.4 is 0 Å². The summed E-state index contributed by atoms with van der Waals surface area (Å²) >= 11 is 10.9. The van der Waals surface area contributed by atoms with Gasteiger partial charge in [0.2, 0.25) is 11.8 Å². The monoisotopic (exact) mass is 486 g/mol. The summed E-state index contributed by atoms with van der Waals surface area (Å²) in [5.74, 6) is 0.0941. The van der Waals surface area contributed by atoms with Crippen LogP contribution in [0, 0.1) is 0 Å². The molecule has 0 radical (unpaired) electrons. The van der Waals surface area contributed by atoms with Gasteiger partial charge in [-0.3, -0.25) is 19.4 Å². The van der Waals surface area contributed by atoms with Crippen LogP contribution in [0.25, 0.3) is 0 Å². The van der Waals surface area contributed by atoms with Gasteiger partial charge in [-0.1, -0.05) is 0 Å². The first kappa shape index (κ1) is 26.9. The van der Waals surface area contributed by atoms with Gasteiger partial charge in [0.15, 0.2) is 10.2 Å². The van der Waals surface area contributed by atoms with Gasteiger partial charge in [0, 0.05) is 37.4 Å². The summed E-state index contributed by atoms with van der Waals surface area (Å²) in [6, 6.07) is 0. The molecule has 0 aromatic carbocycles. The van der Waals surface area contributed by atoms with Crippen LogP contribution in [0.5, 0.6) is 0 Å². The van der Waals surface area contributed by atoms with Crippen molar-refractivity contribution in [3.05, 3.63) is 0 Å². The first-order chi connectivity index (χ1) is 15.0. The lowest BCUT2D eigenvalue weighted by atomic mass is 9.99. The Hall–Kier alpha value is -1.36. The minimum absolute atomic E-state index is 0.0471. The molecule has 2 aliphatic heterocycles. The number of likely N-dealkylation sites (N-methyl/N-ethyl adjacent to an activating group) is 2. The number of hydrogen-bond donors (Lipinski definition) is 0. The Morgan fingerprint density at radius 1 is 0.719 bits per heavy atom. The molecule has 2 heterocycles. The Balaban J connectivity index is 1.65. The smallest absolute Gasteiger partial charge is 0.248 e. The van der Waals surface area contributed by atoms with Crippen molar-refractivity contribution in [3.63, 3.8) is 0 Å². The minimum Gasteiger partial charge on any atom is -0.379 e. The van der Waals surface area contributed by atoms with Crippen LogP contribution >= 0.6 is 24.4 Å². The number of ether oxygens (including phenoxy) is 2. The first-order valence-corrected chi connectivity index (χ1v) is 12.2. The predicted molar refractivity (Wildman–Crippen MR) is 132 cm³/mol. The molecule has 0 aromatic rings. The second-order valence-electron chi connectivity index (χ2n) is 9.40. The molecule has 0 saturated carbocycles. The second kappa shape index (κ2) is 11.2. The zero-order valence-corrected chi connectivity index (χ0v) is 21.9. The third kappa shape index (κ3) is 6.15. The van der Waals surface area contributed by atoms with Crippen LogP contribution in [0.4, 0.5) is 0 Å². The zero-order valence-electron chi connectivity index (χ0n) is 20.3. The number of carbonyl (C=O) groups excluding carboxylic acids is 2. The molecule has 2 aliphatic rings. The average Bonchev–Trinajstić information content (AvgIpc) is 3.18. The van der Waals surface area contributed by atoms with Gasteiger partial charge in [0.05, 0.1) is 26.3 Å². The standard InChI is InChI=1S/C22H38N4O4S2/c1-7-23-15-17(27)25(19(23)31)21(3,4)9-11-29-13-14-30-12-10-22(5,6)26-18(28)16-24(8-2)20(26)32/h7-16H2,1-6H3. The van der Waals surface area contributed by atoms with E-state index in [4.69, 9.17) is 33.9 Å². The Morgan fingerprint density at radius 3 is 1.34 bits per heavy atom. The Kier molecular flexibility index (Phi) is 9.39. The Morgan fingerprint density at radius 2 is 1.06 bits per heavy atom. The maximum absolute atomic E-state index is 12.4.